The van der Waals surface area contributed by atoms with Gasteiger partial charge < -0.3 is 15.6 Å². The Kier molecular flexibility index (Phi) is 4.72. The highest BCUT2D eigenvalue weighted by atomic mass is 16.5. The number of likely N-dealkylation sites (N-methyl/N-ethyl adjacent to an activating group) is 1. The second-order valence-electron chi connectivity index (χ2n) is 4.92. The Balaban J connectivity index is 1.91. The van der Waals surface area contributed by atoms with Crippen molar-refractivity contribution in [2.24, 2.45) is 5.73 Å². The molecule has 2 rings (SSSR count). The Labute approximate surface area is 108 Å². The Morgan fingerprint density at radius 1 is 1.44 bits per heavy atom. The van der Waals surface area contributed by atoms with Gasteiger partial charge in [-0.25, -0.2) is 0 Å². The predicted octanol–water partition coefficient (Wildman–Crippen LogP) is 0.899. The largest absolute Gasteiger partial charge is 0.387 e. The van der Waals surface area contributed by atoms with Gasteiger partial charge in [-0.2, -0.15) is 0 Å². The van der Waals surface area contributed by atoms with E-state index in [0.29, 0.717) is 19.1 Å². The number of nitrogens with zero attached hydrogens (tertiary/aromatic N) is 1. The molecule has 0 saturated carbocycles. The summed E-state index contributed by atoms with van der Waals surface area (Å²) in [6.07, 6.45) is 0.595. The summed E-state index contributed by atoms with van der Waals surface area (Å²) in [5, 5.41) is 10.2. The normalized spacial score (nSPS) is 21.4. The topological polar surface area (TPSA) is 58.7 Å². The molecule has 3 N–H and O–H groups in total. The maximum atomic E-state index is 10.2. The predicted molar refractivity (Wildman–Crippen MR) is 71.1 cm³/mol. The number of benzene rings is 1. The van der Waals surface area contributed by atoms with Crippen molar-refractivity contribution < 1.29 is 9.84 Å². The first-order valence-corrected chi connectivity index (χ1v) is 6.45. The summed E-state index contributed by atoms with van der Waals surface area (Å²) < 4.78 is 5.36. The van der Waals surface area contributed by atoms with E-state index >= 15 is 0 Å². The van der Waals surface area contributed by atoms with Crippen LogP contribution in [0, 0.1) is 0 Å². The summed E-state index contributed by atoms with van der Waals surface area (Å²) >= 11 is 0. The summed E-state index contributed by atoms with van der Waals surface area (Å²) in [6.45, 7) is 2.78. The fourth-order valence-corrected chi connectivity index (χ4v) is 2.27. The van der Waals surface area contributed by atoms with E-state index in [1.54, 1.807) is 0 Å². The second kappa shape index (κ2) is 6.29. The van der Waals surface area contributed by atoms with Gasteiger partial charge in [0.05, 0.1) is 12.7 Å². The van der Waals surface area contributed by atoms with Crippen molar-refractivity contribution in [2.75, 3.05) is 26.8 Å². The fraction of sp³-hybridized carbons (Fsp3) is 0.571. The molecule has 0 spiro atoms. The van der Waals surface area contributed by atoms with Gasteiger partial charge in [-0.3, -0.25) is 4.90 Å². The van der Waals surface area contributed by atoms with Gasteiger partial charge in [0.25, 0.3) is 0 Å². The number of rotatable bonds is 5. The van der Waals surface area contributed by atoms with Gasteiger partial charge in [0.2, 0.25) is 0 Å². The molecule has 0 aliphatic carbocycles. The van der Waals surface area contributed by atoms with Crippen LogP contribution in [-0.2, 0) is 11.3 Å². The minimum atomic E-state index is -0.456. The standard InChI is InChI=1S/C14H22N2O2/c1-16(13-6-7-18-10-13)9-14(17)12-4-2-11(8-15)3-5-12/h2-5,13-14,17H,6-10,15H2,1H3. The molecule has 1 aromatic carbocycles. The van der Waals surface area contributed by atoms with Crippen molar-refractivity contribution >= 4 is 0 Å². The average Bonchev–Trinajstić information content (AvgIpc) is 2.92. The van der Waals surface area contributed by atoms with Gasteiger partial charge in [-0.15, -0.1) is 0 Å². The SMILES string of the molecule is CN(CC(O)c1ccc(CN)cc1)C1CCOC1. The number of aliphatic hydroxyl groups is 1. The highest BCUT2D eigenvalue weighted by molar-refractivity contribution is 5.24. The number of hydrogen-bond donors (Lipinski definition) is 2. The summed E-state index contributed by atoms with van der Waals surface area (Å²) in [5.74, 6) is 0. The first-order chi connectivity index (χ1) is 8.70. The first kappa shape index (κ1) is 13.5. The number of aliphatic hydroxyl groups excluding tert-OH is 1. The molecule has 2 unspecified atom stereocenters. The van der Waals surface area contributed by atoms with Crippen molar-refractivity contribution in [1.82, 2.24) is 4.90 Å². The molecule has 0 bridgehead atoms. The van der Waals surface area contributed by atoms with Crippen LogP contribution in [0.2, 0.25) is 0 Å². The third kappa shape index (κ3) is 3.29. The fourth-order valence-electron chi connectivity index (χ4n) is 2.27. The third-order valence-electron chi connectivity index (χ3n) is 3.59. The van der Waals surface area contributed by atoms with E-state index in [-0.39, 0.29) is 0 Å². The molecule has 4 nitrogen and oxygen atoms in total. The van der Waals surface area contributed by atoms with Crippen molar-refractivity contribution in [1.29, 1.82) is 0 Å². The van der Waals surface area contributed by atoms with Gasteiger partial charge in [-0.1, -0.05) is 24.3 Å². The lowest BCUT2D eigenvalue weighted by Crippen LogP contribution is -2.35. The third-order valence-corrected chi connectivity index (χ3v) is 3.59. The molecule has 1 aliphatic heterocycles. The first-order valence-electron chi connectivity index (χ1n) is 6.45. The van der Waals surface area contributed by atoms with E-state index in [2.05, 4.69) is 4.90 Å². The van der Waals surface area contributed by atoms with Crippen LogP contribution < -0.4 is 5.73 Å². The van der Waals surface area contributed by atoms with Gasteiger partial charge in [0, 0.05) is 25.7 Å². The lowest BCUT2D eigenvalue weighted by Gasteiger charge is -2.25. The molecule has 0 radical (unpaired) electrons. The maximum absolute atomic E-state index is 10.2. The zero-order chi connectivity index (χ0) is 13.0. The summed E-state index contributed by atoms with van der Waals surface area (Å²) in [6, 6.07) is 8.27. The zero-order valence-electron chi connectivity index (χ0n) is 10.9. The molecule has 1 fully saturated rings. The van der Waals surface area contributed by atoms with E-state index in [9.17, 15) is 5.11 Å². The molecular formula is C14H22N2O2. The molecule has 2 atom stereocenters. The van der Waals surface area contributed by atoms with E-state index in [4.69, 9.17) is 10.5 Å². The van der Waals surface area contributed by atoms with Crippen LogP contribution in [0.3, 0.4) is 0 Å². The smallest absolute Gasteiger partial charge is 0.0916 e. The molecule has 1 heterocycles. The Hall–Kier alpha value is -0.940. The molecule has 1 saturated heterocycles. The number of hydrogen-bond acceptors (Lipinski definition) is 4. The average molecular weight is 250 g/mol. The van der Waals surface area contributed by atoms with Crippen molar-refractivity contribution in [3.8, 4) is 0 Å². The second-order valence-corrected chi connectivity index (χ2v) is 4.92. The lowest BCUT2D eigenvalue weighted by atomic mass is 10.1. The molecule has 0 aromatic heterocycles. The van der Waals surface area contributed by atoms with Gasteiger partial charge in [0.15, 0.2) is 0 Å². The monoisotopic (exact) mass is 250 g/mol. The number of nitrogens with two attached hydrogens (primary N) is 1. The van der Waals surface area contributed by atoms with Crippen LogP contribution in [0.5, 0.6) is 0 Å². The molecule has 4 heteroatoms. The van der Waals surface area contributed by atoms with Crippen LogP contribution in [0.4, 0.5) is 0 Å². The Morgan fingerprint density at radius 3 is 2.72 bits per heavy atom. The van der Waals surface area contributed by atoms with Gasteiger partial charge in [-0.05, 0) is 24.6 Å². The maximum Gasteiger partial charge on any atom is 0.0916 e. The molecular weight excluding hydrogens is 228 g/mol. The van der Waals surface area contributed by atoms with Crippen LogP contribution in [0.1, 0.15) is 23.7 Å². The van der Waals surface area contributed by atoms with Crippen LogP contribution in [-0.4, -0.2) is 42.9 Å². The highest BCUT2D eigenvalue weighted by Crippen LogP contribution is 2.18. The number of ether oxygens (including phenoxy) is 1. The summed E-state index contributed by atoms with van der Waals surface area (Å²) in [5.41, 5.74) is 7.58. The molecule has 1 aliphatic rings. The van der Waals surface area contributed by atoms with E-state index in [1.165, 1.54) is 0 Å². The van der Waals surface area contributed by atoms with E-state index < -0.39 is 6.10 Å². The van der Waals surface area contributed by atoms with Crippen molar-refractivity contribution in [3.63, 3.8) is 0 Å². The van der Waals surface area contributed by atoms with Crippen molar-refractivity contribution in [3.05, 3.63) is 35.4 Å². The minimum absolute atomic E-state index is 0.433. The minimum Gasteiger partial charge on any atom is -0.387 e. The Bertz CT molecular complexity index is 361. The summed E-state index contributed by atoms with van der Waals surface area (Å²) in [4.78, 5) is 2.18. The van der Waals surface area contributed by atoms with E-state index in [0.717, 1.165) is 30.8 Å². The van der Waals surface area contributed by atoms with Crippen LogP contribution in [0.25, 0.3) is 0 Å². The van der Waals surface area contributed by atoms with E-state index in [1.807, 2.05) is 31.3 Å². The molecule has 1 aromatic rings. The Morgan fingerprint density at radius 2 is 2.17 bits per heavy atom. The summed E-state index contributed by atoms with van der Waals surface area (Å²) in [7, 11) is 2.04. The highest BCUT2D eigenvalue weighted by Gasteiger charge is 2.22. The molecule has 18 heavy (non-hydrogen) atoms. The van der Waals surface area contributed by atoms with Crippen molar-refractivity contribution in [2.45, 2.75) is 25.1 Å². The molecule has 100 valence electrons. The quantitative estimate of drug-likeness (QED) is 0.815. The lowest BCUT2D eigenvalue weighted by molar-refractivity contribution is 0.0950. The van der Waals surface area contributed by atoms with Crippen LogP contribution >= 0.6 is 0 Å². The zero-order valence-corrected chi connectivity index (χ0v) is 10.9. The molecule has 0 amide bonds. The van der Waals surface area contributed by atoms with Gasteiger partial charge >= 0.3 is 0 Å². The van der Waals surface area contributed by atoms with Gasteiger partial charge in [0.1, 0.15) is 0 Å². The van der Waals surface area contributed by atoms with Crippen LogP contribution in [0.15, 0.2) is 24.3 Å².